The van der Waals surface area contributed by atoms with E-state index >= 15 is 0 Å². The summed E-state index contributed by atoms with van der Waals surface area (Å²) in [5, 5.41) is 6.78. The number of rotatable bonds is 2. The van der Waals surface area contributed by atoms with Gasteiger partial charge in [0, 0.05) is 11.6 Å². The van der Waals surface area contributed by atoms with Crippen LogP contribution in [0.15, 0.2) is 30.7 Å². The average molecular weight is 333 g/mol. The van der Waals surface area contributed by atoms with Crippen LogP contribution in [0.3, 0.4) is 0 Å². The molecule has 1 saturated carbocycles. The number of nitrogens with two attached hydrogens (primary N) is 1. The van der Waals surface area contributed by atoms with Gasteiger partial charge in [0.1, 0.15) is 23.5 Å². The summed E-state index contributed by atoms with van der Waals surface area (Å²) in [7, 11) is 0. The predicted molar refractivity (Wildman–Crippen MR) is 96.9 cm³/mol. The highest BCUT2D eigenvalue weighted by atomic mass is 15.3. The van der Waals surface area contributed by atoms with E-state index in [4.69, 9.17) is 10.8 Å². The first-order valence-corrected chi connectivity index (χ1v) is 8.74. The zero-order valence-corrected chi connectivity index (χ0v) is 13.8. The summed E-state index contributed by atoms with van der Waals surface area (Å²) in [4.78, 5) is 16.4. The average Bonchev–Trinajstić information content (AvgIpc) is 3.24. The number of aromatic nitrogens is 6. The van der Waals surface area contributed by atoms with Crippen LogP contribution in [-0.4, -0.2) is 29.7 Å². The number of H-pyrrole nitrogens is 1. The van der Waals surface area contributed by atoms with Gasteiger partial charge >= 0.3 is 0 Å². The van der Waals surface area contributed by atoms with Gasteiger partial charge in [-0.3, -0.25) is 0 Å². The van der Waals surface area contributed by atoms with Crippen LogP contribution in [0.25, 0.3) is 33.5 Å². The fraction of sp³-hybridized carbons (Fsp3) is 0.333. The first kappa shape index (κ1) is 14.4. The third-order valence-corrected chi connectivity index (χ3v) is 5.09. The van der Waals surface area contributed by atoms with E-state index in [1.54, 1.807) is 6.20 Å². The van der Waals surface area contributed by atoms with Crippen molar-refractivity contribution in [3.05, 3.63) is 30.7 Å². The van der Waals surface area contributed by atoms with E-state index < -0.39 is 0 Å². The van der Waals surface area contributed by atoms with Crippen LogP contribution >= 0.6 is 0 Å². The van der Waals surface area contributed by atoms with Gasteiger partial charge in [0.15, 0.2) is 5.65 Å². The molecule has 0 spiro atoms. The lowest BCUT2D eigenvalue weighted by molar-refractivity contribution is 0.336. The second-order valence-corrected chi connectivity index (χ2v) is 6.67. The molecule has 0 bridgehead atoms. The molecule has 0 amide bonds. The van der Waals surface area contributed by atoms with Crippen LogP contribution in [0.2, 0.25) is 0 Å². The first-order valence-electron chi connectivity index (χ1n) is 8.74. The van der Waals surface area contributed by atoms with Gasteiger partial charge in [0.25, 0.3) is 0 Å². The number of hydrogen-bond donors (Lipinski definition) is 2. The minimum absolute atomic E-state index is 0.377. The third kappa shape index (κ3) is 2.26. The van der Waals surface area contributed by atoms with Gasteiger partial charge < -0.3 is 10.7 Å². The zero-order valence-electron chi connectivity index (χ0n) is 13.8. The van der Waals surface area contributed by atoms with Gasteiger partial charge in [-0.2, -0.15) is 5.10 Å². The number of hydrogen-bond acceptors (Lipinski definition) is 5. The molecule has 0 aromatic carbocycles. The topological polar surface area (TPSA) is 98.3 Å². The van der Waals surface area contributed by atoms with E-state index in [0.717, 1.165) is 46.3 Å². The van der Waals surface area contributed by atoms with Crippen molar-refractivity contribution in [2.75, 3.05) is 5.73 Å². The summed E-state index contributed by atoms with van der Waals surface area (Å²) in [6.07, 6.45) is 9.33. The molecule has 0 radical (unpaired) electrons. The first-order chi connectivity index (χ1) is 12.3. The second-order valence-electron chi connectivity index (χ2n) is 6.67. The lowest BCUT2D eigenvalue weighted by Gasteiger charge is -2.22. The third-order valence-electron chi connectivity index (χ3n) is 5.09. The van der Waals surface area contributed by atoms with Crippen molar-refractivity contribution >= 4 is 27.9 Å². The van der Waals surface area contributed by atoms with Crippen LogP contribution in [0.5, 0.6) is 0 Å². The van der Waals surface area contributed by atoms with Gasteiger partial charge in [0.2, 0.25) is 0 Å². The van der Waals surface area contributed by atoms with Crippen LogP contribution in [-0.2, 0) is 0 Å². The molecule has 4 heterocycles. The summed E-state index contributed by atoms with van der Waals surface area (Å²) in [5.74, 6) is 0.466. The summed E-state index contributed by atoms with van der Waals surface area (Å²) < 4.78 is 2.06. The van der Waals surface area contributed by atoms with E-state index in [2.05, 4.69) is 30.7 Å². The normalized spacial score (nSPS) is 16.0. The standard InChI is InChI=1S/C18H19N7/c19-16-14-15(13-9-11-5-4-8-20-17(11)23-13)24-25(18(14)22-10-21-16)12-6-2-1-3-7-12/h4-5,8-10,12H,1-3,6-7H2,(H,20,23)(H2,19,21,22). The molecule has 0 aliphatic heterocycles. The van der Waals surface area contributed by atoms with E-state index in [1.807, 2.05) is 12.1 Å². The van der Waals surface area contributed by atoms with Crippen molar-refractivity contribution in [3.8, 4) is 11.4 Å². The molecule has 0 unspecified atom stereocenters. The van der Waals surface area contributed by atoms with Gasteiger partial charge in [-0.15, -0.1) is 0 Å². The minimum atomic E-state index is 0.377. The molecule has 25 heavy (non-hydrogen) atoms. The number of pyridine rings is 1. The summed E-state index contributed by atoms with van der Waals surface area (Å²) >= 11 is 0. The lowest BCUT2D eigenvalue weighted by Crippen LogP contribution is -2.14. The summed E-state index contributed by atoms with van der Waals surface area (Å²) in [6.45, 7) is 0. The molecule has 5 rings (SSSR count). The predicted octanol–water partition coefficient (Wildman–Crippen LogP) is 3.46. The van der Waals surface area contributed by atoms with Crippen molar-refractivity contribution in [1.82, 2.24) is 29.7 Å². The van der Waals surface area contributed by atoms with Crippen molar-refractivity contribution in [2.24, 2.45) is 0 Å². The Bertz CT molecular complexity index is 1020. The van der Waals surface area contributed by atoms with Crippen molar-refractivity contribution in [2.45, 2.75) is 38.1 Å². The van der Waals surface area contributed by atoms with E-state index in [1.165, 1.54) is 25.6 Å². The zero-order chi connectivity index (χ0) is 16.8. The lowest BCUT2D eigenvalue weighted by atomic mass is 9.96. The fourth-order valence-electron chi connectivity index (χ4n) is 3.85. The largest absolute Gasteiger partial charge is 0.383 e. The number of nitrogen functional groups attached to an aromatic ring is 1. The highest BCUT2D eigenvalue weighted by Gasteiger charge is 2.24. The molecule has 7 nitrogen and oxygen atoms in total. The maximum absolute atomic E-state index is 6.20. The Morgan fingerprint density at radius 3 is 2.84 bits per heavy atom. The van der Waals surface area contributed by atoms with Crippen LogP contribution in [0.1, 0.15) is 38.1 Å². The number of aromatic amines is 1. The minimum Gasteiger partial charge on any atom is -0.383 e. The second kappa shape index (κ2) is 5.54. The molecule has 0 saturated heterocycles. The number of nitrogens with zero attached hydrogens (tertiary/aromatic N) is 5. The van der Waals surface area contributed by atoms with E-state index in [9.17, 15) is 0 Å². The monoisotopic (exact) mass is 333 g/mol. The molecular weight excluding hydrogens is 314 g/mol. The van der Waals surface area contributed by atoms with E-state index in [-0.39, 0.29) is 0 Å². The maximum atomic E-state index is 6.20. The van der Waals surface area contributed by atoms with Gasteiger partial charge in [-0.1, -0.05) is 19.3 Å². The molecule has 1 fully saturated rings. The fourth-order valence-corrected chi connectivity index (χ4v) is 3.85. The molecule has 1 aliphatic rings. The van der Waals surface area contributed by atoms with Crippen LogP contribution in [0.4, 0.5) is 5.82 Å². The Kier molecular flexibility index (Phi) is 3.19. The van der Waals surface area contributed by atoms with Crippen molar-refractivity contribution in [1.29, 1.82) is 0 Å². The Labute approximate surface area is 144 Å². The van der Waals surface area contributed by atoms with Crippen molar-refractivity contribution < 1.29 is 0 Å². The molecule has 3 N–H and O–H groups in total. The Morgan fingerprint density at radius 1 is 1.12 bits per heavy atom. The number of anilines is 1. The molecule has 1 aliphatic carbocycles. The van der Waals surface area contributed by atoms with Gasteiger partial charge in [-0.05, 0) is 31.0 Å². The number of nitrogens with one attached hydrogen (secondary N) is 1. The van der Waals surface area contributed by atoms with Crippen molar-refractivity contribution in [3.63, 3.8) is 0 Å². The summed E-state index contributed by atoms with van der Waals surface area (Å²) in [5.41, 5.74) is 9.56. The van der Waals surface area contributed by atoms with Crippen LogP contribution < -0.4 is 5.73 Å². The molecule has 4 aromatic rings. The smallest absolute Gasteiger partial charge is 0.164 e. The highest BCUT2D eigenvalue weighted by molar-refractivity contribution is 5.99. The molecule has 7 heteroatoms. The Hall–Kier alpha value is -2.96. The molecule has 126 valence electrons. The van der Waals surface area contributed by atoms with Crippen LogP contribution in [0, 0.1) is 0 Å². The Morgan fingerprint density at radius 2 is 2.00 bits per heavy atom. The van der Waals surface area contributed by atoms with E-state index in [0.29, 0.717) is 11.9 Å². The van der Waals surface area contributed by atoms with Gasteiger partial charge in [-0.25, -0.2) is 19.6 Å². The molecule has 4 aromatic heterocycles. The SMILES string of the molecule is Nc1ncnc2c1c(-c1cc3cccnc3[nH]1)nn2C1CCCCC1. The maximum Gasteiger partial charge on any atom is 0.164 e. The quantitative estimate of drug-likeness (QED) is 0.585. The summed E-state index contributed by atoms with van der Waals surface area (Å²) in [6, 6.07) is 6.39. The highest BCUT2D eigenvalue weighted by Crippen LogP contribution is 2.36. The molecular formula is C18H19N7. The Balaban J connectivity index is 1.74. The molecule has 0 atom stereocenters. The van der Waals surface area contributed by atoms with Gasteiger partial charge in [0.05, 0.1) is 17.1 Å². The number of fused-ring (bicyclic) bond motifs is 2.